The number of carbonyl (C=O) groups excluding carboxylic acids is 1. The molecule has 0 bridgehead atoms. The van der Waals surface area contributed by atoms with Crippen molar-refractivity contribution in [3.8, 4) is 5.75 Å². The number of aryl methyl sites for hydroxylation is 2. The van der Waals surface area contributed by atoms with Crippen LogP contribution in [0.3, 0.4) is 0 Å². The standard InChI is InChI=1S/C18H20O2S/c1-12(2)20-15-9-7-13(8-10-15)18(19)17-11-14-5-3-4-6-16(14)21-17/h7-12H,3-6H2,1-2H3. The van der Waals surface area contributed by atoms with Crippen molar-refractivity contribution in [1.82, 2.24) is 0 Å². The van der Waals surface area contributed by atoms with E-state index in [1.165, 1.54) is 23.3 Å². The van der Waals surface area contributed by atoms with Gasteiger partial charge in [0.25, 0.3) is 0 Å². The molecular formula is C18H20O2S. The minimum atomic E-state index is 0.130. The molecule has 3 heteroatoms. The van der Waals surface area contributed by atoms with Gasteiger partial charge in [-0.25, -0.2) is 0 Å². The van der Waals surface area contributed by atoms with E-state index in [1.54, 1.807) is 11.3 Å². The van der Waals surface area contributed by atoms with Crippen LogP contribution in [0.4, 0.5) is 0 Å². The van der Waals surface area contributed by atoms with Crippen molar-refractivity contribution in [2.75, 3.05) is 0 Å². The van der Waals surface area contributed by atoms with Crippen LogP contribution < -0.4 is 4.74 Å². The predicted octanol–water partition coefficient (Wildman–Crippen LogP) is 4.65. The highest BCUT2D eigenvalue weighted by atomic mass is 32.1. The van der Waals surface area contributed by atoms with Crippen LogP contribution in [0.1, 0.15) is 52.4 Å². The maximum absolute atomic E-state index is 12.6. The van der Waals surface area contributed by atoms with Crippen LogP contribution in [0, 0.1) is 0 Å². The summed E-state index contributed by atoms with van der Waals surface area (Å²) >= 11 is 1.67. The Hall–Kier alpha value is -1.61. The van der Waals surface area contributed by atoms with Gasteiger partial charge in [-0.2, -0.15) is 0 Å². The molecule has 1 heterocycles. The minimum Gasteiger partial charge on any atom is -0.491 e. The topological polar surface area (TPSA) is 26.3 Å². The zero-order valence-electron chi connectivity index (χ0n) is 12.5. The van der Waals surface area contributed by atoms with E-state index in [0.29, 0.717) is 0 Å². The molecular weight excluding hydrogens is 280 g/mol. The third-order valence-electron chi connectivity index (χ3n) is 3.71. The van der Waals surface area contributed by atoms with Gasteiger partial charge in [-0.15, -0.1) is 11.3 Å². The van der Waals surface area contributed by atoms with E-state index in [-0.39, 0.29) is 11.9 Å². The molecule has 1 aromatic heterocycles. The van der Waals surface area contributed by atoms with Crippen molar-refractivity contribution >= 4 is 17.1 Å². The summed E-state index contributed by atoms with van der Waals surface area (Å²) in [6.07, 6.45) is 4.91. The number of hydrogen-bond donors (Lipinski definition) is 0. The van der Waals surface area contributed by atoms with Crippen LogP contribution in [0.15, 0.2) is 30.3 Å². The van der Waals surface area contributed by atoms with E-state index in [0.717, 1.165) is 29.0 Å². The van der Waals surface area contributed by atoms with Crippen LogP contribution in [0.2, 0.25) is 0 Å². The molecule has 0 fully saturated rings. The Kier molecular flexibility index (Phi) is 4.11. The van der Waals surface area contributed by atoms with Crippen molar-refractivity contribution in [2.24, 2.45) is 0 Å². The second kappa shape index (κ2) is 6.02. The Morgan fingerprint density at radius 2 is 1.86 bits per heavy atom. The fourth-order valence-corrected chi connectivity index (χ4v) is 3.92. The molecule has 0 aliphatic heterocycles. The molecule has 21 heavy (non-hydrogen) atoms. The molecule has 0 radical (unpaired) electrons. The van der Waals surface area contributed by atoms with Gasteiger partial charge in [0.1, 0.15) is 5.75 Å². The highest BCUT2D eigenvalue weighted by molar-refractivity contribution is 7.14. The summed E-state index contributed by atoms with van der Waals surface area (Å²) in [5.41, 5.74) is 2.12. The lowest BCUT2D eigenvalue weighted by atomic mass is 9.98. The summed E-state index contributed by atoms with van der Waals surface area (Å²) in [6, 6.07) is 9.57. The first kappa shape index (κ1) is 14.3. The lowest BCUT2D eigenvalue weighted by molar-refractivity contribution is 0.104. The van der Waals surface area contributed by atoms with Gasteiger partial charge in [-0.05, 0) is 75.4 Å². The average Bonchev–Trinajstić information content (AvgIpc) is 2.90. The number of fused-ring (bicyclic) bond motifs is 1. The highest BCUT2D eigenvalue weighted by Gasteiger charge is 2.18. The molecule has 1 aromatic carbocycles. The number of ether oxygens (including phenoxy) is 1. The van der Waals surface area contributed by atoms with Gasteiger partial charge in [0.05, 0.1) is 11.0 Å². The normalized spacial score (nSPS) is 14.0. The molecule has 0 amide bonds. The number of benzene rings is 1. The van der Waals surface area contributed by atoms with E-state index in [1.807, 2.05) is 38.1 Å². The van der Waals surface area contributed by atoms with Crippen LogP contribution >= 0.6 is 11.3 Å². The maximum Gasteiger partial charge on any atom is 0.202 e. The third kappa shape index (κ3) is 3.18. The zero-order chi connectivity index (χ0) is 14.8. The van der Waals surface area contributed by atoms with Crippen molar-refractivity contribution in [3.63, 3.8) is 0 Å². The fraction of sp³-hybridized carbons (Fsp3) is 0.389. The maximum atomic E-state index is 12.6. The number of ketones is 1. The lowest BCUT2D eigenvalue weighted by Crippen LogP contribution is -2.06. The minimum absolute atomic E-state index is 0.130. The summed E-state index contributed by atoms with van der Waals surface area (Å²) in [4.78, 5) is 14.8. The molecule has 2 aromatic rings. The summed E-state index contributed by atoms with van der Waals surface area (Å²) in [6.45, 7) is 3.99. The Bertz CT molecular complexity index is 614. The van der Waals surface area contributed by atoms with Crippen molar-refractivity contribution in [3.05, 3.63) is 51.2 Å². The second-order valence-electron chi connectivity index (χ2n) is 5.79. The Labute approximate surface area is 129 Å². The highest BCUT2D eigenvalue weighted by Crippen LogP contribution is 2.31. The summed E-state index contributed by atoms with van der Waals surface area (Å²) < 4.78 is 5.61. The lowest BCUT2D eigenvalue weighted by Gasteiger charge is -2.09. The van der Waals surface area contributed by atoms with E-state index < -0.39 is 0 Å². The molecule has 0 unspecified atom stereocenters. The number of carbonyl (C=O) groups is 1. The van der Waals surface area contributed by atoms with Gasteiger partial charge >= 0.3 is 0 Å². The fourth-order valence-electron chi connectivity index (χ4n) is 2.70. The molecule has 1 aliphatic rings. The summed E-state index contributed by atoms with van der Waals surface area (Å²) in [5, 5.41) is 0. The molecule has 0 saturated heterocycles. The van der Waals surface area contributed by atoms with Crippen molar-refractivity contribution in [1.29, 1.82) is 0 Å². The quantitative estimate of drug-likeness (QED) is 0.769. The van der Waals surface area contributed by atoms with E-state index in [9.17, 15) is 4.79 Å². The van der Waals surface area contributed by atoms with Crippen molar-refractivity contribution < 1.29 is 9.53 Å². The molecule has 0 atom stereocenters. The van der Waals surface area contributed by atoms with E-state index >= 15 is 0 Å². The number of hydrogen-bond acceptors (Lipinski definition) is 3. The Morgan fingerprint density at radius 3 is 2.52 bits per heavy atom. The second-order valence-corrected chi connectivity index (χ2v) is 6.92. The van der Waals surface area contributed by atoms with Gasteiger partial charge in [-0.1, -0.05) is 0 Å². The van der Waals surface area contributed by atoms with Gasteiger partial charge in [0.2, 0.25) is 5.78 Å². The van der Waals surface area contributed by atoms with Gasteiger partial charge in [-0.3, -0.25) is 4.79 Å². The SMILES string of the molecule is CC(C)Oc1ccc(C(=O)c2cc3c(s2)CCCC3)cc1. The van der Waals surface area contributed by atoms with E-state index in [2.05, 4.69) is 6.07 Å². The zero-order valence-corrected chi connectivity index (χ0v) is 13.3. The molecule has 0 spiro atoms. The van der Waals surface area contributed by atoms with Crippen LogP contribution in [-0.2, 0) is 12.8 Å². The molecule has 110 valence electrons. The molecule has 0 saturated carbocycles. The largest absolute Gasteiger partial charge is 0.491 e. The van der Waals surface area contributed by atoms with Crippen molar-refractivity contribution in [2.45, 2.75) is 45.6 Å². The number of rotatable bonds is 4. The first-order valence-corrected chi connectivity index (χ1v) is 8.38. The third-order valence-corrected chi connectivity index (χ3v) is 4.94. The molecule has 1 aliphatic carbocycles. The Morgan fingerprint density at radius 1 is 1.14 bits per heavy atom. The number of thiophene rings is 1. The Balaban J connectivity index is 1.79. The first-order valence-electron chi connectivity index (χ1n) is 7.56. The van der Waals surface area contributed by atoms with E-state index in [4.69, 9.17) is 4.74 Å². The smallest absolute Gasteiger partial charge is 0.202 e. The summed E-state index contributed by atoms with van der Waals surface area (Å²) in [5.74, 6) is 0.942. The van der Waals surface area contributed by atoms with Crippen LogP contribution in [0.25, 0.3) is 0 Å². The molecule has 3 rings (SSSR count). The first-order chi connectivity index (χ1) is 10.1. The molecule has 2 nitrogen and oxygen atoms in total. The monoisotopic (exact) mass is 300 g/mol. The van der Waals surface area contributed by atoms with Crippen LogP contribution in [0.5, 0.6) is 5.75 Å². The predicted molar refractivity (Wildman–Crippen MR) is 86.6 cm³/mol. The summed E-state index contributed by atoms with van der Waals surface area (Å²) in [7, 11) is 0. The van der Waals surface area contributed by atoms with Gasteiger partial charge in [0, 0.05) is 10.4 Å². The van der Waals surface area contributed by atoms with Gasteiger partial charge < -0.3 is 4.74 Å². The van der Waals surface area contributed by atoms with Gasteiger partial charge in [0.15, 0.2) is 0 Å². The van der Waals surface area contributed by atoms with Crippen LogP contribution in [-0.4, -0.2) is 11.9 Å². The molecule has 0 N–H and O–H groups in total. The average molecular weight is 300 g/mol.